The maximum atomic E-state index is 6.07. The predicted molar refractivity (Wildman–Crippen MR) is 86.8 cm³/mol. The molecule has 1 heterocycles. The molecule has 3 rings (SSSR count). The van der Waals surface area contributed by atoms with Crippen LogP contribution in [0.3, 0.4) is 0 Å². The number of ether oxygens (including phenoxy) is 1. The lowest BCUT2D eigenvalue weighted by Crippen LogP contribution is -3.13. The van der Waals surface area contributed by atoms with Crippen LogP contribution in [0, 0.1) is 0 Å². The zero-order valence-corrected chi connectivity index (χ0v) is 12.6. The summed E-state index contributed by atoms with van der Waals surface area (Å²) < 4.78 is 6.07. The van der Waals surface area contributed by atoms with Crippen LogP contribution in [0.5, 0.6) is 5.75 Å². The lowest BCUT2D eigenvalue weighted by atomic mass is 10.1. The Balaban J connectivity index is 1.63. The minimum atomic E-state index is 0.805. The van der Waals surface area contributed by atoms with Crippen LogP contribution in [0.25, 0.3) is 11.1 Å². The Bertz CT molecular complexity index is 547. The lowest BCUT2D eigenvalue weighted by molar-refractivity contribution is -0.904. The van der Waals surface area contributed by atoms with E-state index in [1.807, 2.05) is 6.07 Å². The van der Waals surface area contributed by atoms with Gasteiger partial charge < -0.3 is 9.64 Å². The van der Waals surface area contributed by atoms with Crippen LogP contribution in [0.1, 0.15) is 19.3 Å². The van der Waals surface area contributed by atoms with Crippen LogP contribution in [-0.4, -0.2) is 26.2 Å². The average molecular weight is 282 g/mol. The Morgan fingerprint density at radius 3 is 2.33 bits per heavy atom. The first-order chi connectivity index (χ1) is 10.4. The molecule has 2 nitrogen and oxygen atoms in total. The third-order valence-corrected chi connectivity index (χ3v) is 4.25. The standard InChI is InChI=1S/C19H23NO/c1-3-9-17(10-4-1)18-11-5-6-12-19(18)21-16-15-20-13-7-2-8-14-20/h1,3-6,9-12H,2,7-8,13-16H2/p+1. The van der Waals surface area contributed by atoms with Gasteiger partial charge in [0.25, 0.3) is 0 Å². The van der Waals surface area contributed by atoms with Crippen molar-refractivity contribution < 1.29 is 9.64 Å². The molecule has 0 bridgehead atoms. The van der Waals surface area contributed by atoms with Crippen molar-refractivity contribution in [3.05, 3.63) is 54.6 Å². The van der Waals surface area contributed by atoms with Crippen molar-refractivity contribution in [1.29, 1.82) is 0 Å². The quantitative estimate of drug-likeness (QED) is 0.890. The summed E-state index contributed by atoms with van der Waals surface area (Å²) in [6, 6.07) is 18.8. The van der Waals surface area contributed by atoms with Gasteiger partial charge >= 0.3 is 0 Å². The summed E-state index contributed by atoms with van der Waals surface area (Å²) >= 11 is 0. The third kappa shape index (κ3) is 3.85. The molecule has 1 aliphatic heterocycles. The molecule has 1 fully saturated rings. The van der Waals surface area contributed by atoms with Crippen molar-refractivity contribution >= 4 is 0 Å². The molecule has 1 aliphatic rings. The van der Waals surface area contributed by atoms with Gasteiger partial charge in [0.2, 0.25) is 0 Å². The number of rotatable bonds is 5. The molecule has 1 saturated heterocycles. The lowest BCUT2D eigenvalue weighted by Gasteiger charge is -2.23. The SMILES string of the molecule is c1ccc(-c2ccccc2OCC[NH+]2CCCCC2)cc1. The summed E-state index contributed by atoms with van der Waals surface area (Å²) in [7, 11) is 0. The highest BCUT2D eigenvalue weighted by Gasteiger charge is 2.13. The second-order valence-corrected chi connectivity index (χ2v) is 5.77. The van der Waals surface area contributed by atoms with Crippen LogP contribution in [0.2, 0.25) is 0 Å². The highest BCUT2D eigenvalue weighted by Crippen LogP contribution is 2.29. The van der Waals surface area contributed by atoms with Crippen molar-refractivity contribution in [3.8, 4) is 16.9 Å². The van der Waals surface area contributed by atoms with Crippen molar-refractivity contribution in [3.63, 3.8) is 0 Å². The smallest absolute Gasteiger partial charge is 0.137 e. The van der Waals surface area contributed by atoms with Gasteiger partial charge in [-0.15, -0.1) is 0 Å². The minimum Gasteiger partial charge on any atom is -0.487 e. The molecular weight excluding hydrogens is 258 g/mol. The molecule has 0 saturated carbocycles. The van der Waals surface area contributed by atoms with Crippen LogP contribution in [0.4, 0.5) is 0 Å². The normalized spacial score (nSPS) is 15.8. The molecule has 0 amide bonds. The molecule has 0 radical (unpaired) electrons. The second kappa shape index (κ2) is 7.28. The fourth-order valence-electron chi connectivity index (χ4n) is 3.06. The molecule has 2 aromatic rings. The maximum Gasteiger partial charge on any atom is 0.137 e. The van der Waals surface area contributed by atoms with Gasteiger partial charge in [-0.25, -0.2) is 0 Å². The summed E-state index contributed by atoms with van der Waals surface area (Å²) in [6.45, 7) is 4.54. The van der Waals surface area contributed by atoms with E-state index < -0.39 is 0 Å². The fraction of sp³-hybridized carbons (Fsp3) is 0.368. The number of hydrogen-bond donors (Lipinski definition) is 1. The molecular formula is C19H24NO+. The highest BCUT2D eigenvalue weighted by atomic mass is 16.5. The molecule has 2 heteroatoms. The molecule has 21 heavy (non-hydrogen) atoms. The van der Waals surface area contributed by atoms with Gasteiger partial charge in [-0.05, 0) is 30.9 Å². The molecule has 2 aromatic carbocycles. The number of nitrogens with one attached hydrogen (secondary N) is 1. The summed E-state index contributed by atoms with van der Waals surface area (Å²) in [5.74, 6) is 1.00. The third-order valence-electron chi connectivity index (χ3n) is 4.25. The zero-order chi connectivity index (χ0) is 14.3. The van der Waals surface area contributed by atoms with E-state index in [1.165, 1.54) is 43.5 Å². The summed E-state index contributed by atoms with van der Waals surface area (Å²) in [4.78, 5) is 1.69. The summed E-state index contributed by atoms with van der Waals surface area (Å²) in [6.07, 6.45) is 4.15. The molecule has 0 aliphatic carbocycles. The van der Waals surface area contributed by atoms with E-state index in [-0.39, 0.29) is 0 Å². The molecule has 1 N–H and O–H groups in total. The number of para-hydroxylation sites is 1. The Morgan fingerprint density at radius 2 is 1.52 bits per heavy atom. The van der Waals surface area contributed by atoms with E-state index >= 15 is 0 Å². The van der Waals surface area contributed by atoms with E-state index in [2.05, 4.69) is 48.5 Å². The van der Waals surface area contributed by atoms with Gasteiger partial charge in [0.15, 0.2) is 0 Å². The van der Waals surface area contributed by atoms with E-state index in [9.17, 15) is 0 Å². The van der Waals surface area contributed by atoms with Gasteiger partial charge in [0.05, 0.1) is 13.1 Å². The maximum absolute atomic E-state index is 6.07. The van der Waals surface area contributed by atoms with Crippen molar-refractivity contribution in [2.75, 3.05) is 26.2 Å². The van der Waals surface area contributed by atoms with Crippen LogP contribution in [0.15, 0.2) is 54.6 Å². The molecule has 110 valence electrons. The number of quaternary nitrogens is 1. The summed E-state index contributed by atoms with van der Waals surface area (Å²) in [5, 5.41) is 0. The van der Waals surface area contributed by atoms with Gasteiger partial charge in [-0.3, -0.25) is 0 Å². The van der Waals surface area contributed by atoms with E-state index in [1.54, 1.807) is 4.90 Å². The number of hydrogen-bond acceptors (Lipinski definition) is 1. The average Bonchev–Trinajstić information content (AvgIpc) is 2.57. The number of likely N-dealkylation sites (tertiary alicyclic amines) is 1. The number of piperidine rings is 1. The van der Waals surface area contributed by atoms with Gasteiger partial charge in [0, 0.05) is 5.56 Å². The van der Waals surface area contributed by atoms with Gasteiger partial charge in [-0.1, -0.05) is 48.5 Å². The monoisotopic (exact) mass is 282 g/mol. The van der Waals surface area contributed by atoms with Crippen LogP contribution < -0.4 is 9.64 Å². The van der Waals surface area contributed by atoms with Gasteiger partial charge in [0.1, 0.15) is 18.9 Å². The summed E-state index contributed by atoms with van der Waals surface area (Å²) in [5.41, 5.74) is 2.41. The van der Waals surface area contributed by atoms with Crippen molar-refractivity contribution in [1.82, 2.24) is 0 Å². The second-order valence-electron chi connectivity index (χ2n) is 5.77. The molecule has 0 aromatic heterocycles. The molecule has 0 spiro atoms. The Labute approximate surface area is 127 Å². The Kier molecular flexibility index (Phi) is 4.90. The number of benzene rings is 2. The van der Waals surface area contributed by atoms with Crippen molar-refractivity contribution in [2.45, 2.75) is 19.3 Å². The minimum absolute atomic E-state index is 0.805. The topological polar surface area (TPSA) is 13.7 Å². The first kappa shape index (κ1) is 14.2. The fourth-order valence-corrected chi connectivity index (χ4v) is 3.06. The van der Waals surface area contributed by atoms with Crippen LogP contribution >= 0.6 is 0 Å². The van der Waals surface area contributed by atoms with Gasteiger partial charge in [-0.2, -0.15) is 0 Å². The van der Waals surface area contributed by atoms with E-state index in [4.69, 9.17) is 4.74 Å². The highest BCUT2D eigenvalue weighted by molar-refractivity contribution is 5.70. The largest absolute Gasteiger partial charge is 0.487 e. The Hall–Kier alpha value is -1.80. The first-order valence-electron chi connectivity index (χ1n) is 8.04. The Morgan fingerprint density at radius 1 is 0.810 bits per heavy atom. The zero-order valence-electron chi connectivity index (χ0n) is 12.6. The molecule has 0 unspecified atom stereocenters. The first-order valence-corrected chi connectivity index (χ1v) is 8.04. The predicted octanol–water partition coefficient (Wildman–Crippen LogP) is 2.80. The van der Waals surface area contributed by atoms with Crippen LogP contribution in [-0.2, 0) is 0 Å². The van der Waals surface area contributed by atoms with E-state index in [0.717, 1.165) is 18.9 Å². The van der Waals surface area contributed by atoms with E-state index in [0.29, 0.717) is 0 Å². The van der Waals surface area contributed by atoms with Crippen molar-refractivity contribution in [2.24, 2.45) is 0 Å². The molecule has 0 atom stereocenters.